The molecule has 1 aromatic heterocycles. The van der Waals surface area contributed by atoms with Crippen LogP contribution in [0.2, 0.25) is 0 Å². The maximum atomic E-state index is 13.8. The van der Waals surface area contributed by atoms with Crippen molar-refractivity contribution in [3.05, 3.63) is 65.9 Å². The number of methoxy groups -OCH3 is 1. The number of ether oxygens (including phenoxy) is 1. The van der Waals surface area contributed by atoms with Gasteiger partial charge in [-0.15, -0.1) is 0 Å². The molecule has 1 fully saturated rings. The van der Waals surface area contributed by atoms with E-state index >= 15 is 0 Å². The lowest BCUT2D eigenvalue weighted by molar-refractivity contribution is -0.118. The van der Waals surface area contributed by atoms with Gasteiger partial charge in [0.15, 0.2) is 5.76 Å². The van der Waals surface area contributed by atoms with Crippen LogP contribution in [0.3, 0.4) is 0 Å². The number of amides is 1. The molecule has 0 atom stereocenters. The first-order valence-corrected chi connectivity index (χ1v) is 8.40. The van der Waals surface area contributed by atoms with E-state index < -0.39 is 23.0 Å². The first-order chi connectivity index (χ1) is 13.0. The summed E-state index contributed by atoms with van der Waals surface area (Å²) in [6.45, 7) is 0. The molecule has 1 heterocycles. The molecular formula is C20H16F2N2O3. The zero-order chi connectivity index (χ0) is 19.0. The van der Waals surface area contributed by atoms with E-state index in [0.29, 0.717) is 30.0 Å². The van der Waals surface area contributed by atoms with Gasteiger partial charge in [0, 0.05) is 17.7 Å². The molecule has 27 heavy (non-hydrogen) atoms. The van der Waals surface area contributed by atoms with Crippen LogP contribution in [0, 0.1) is 11.6 Å². The second kappa shape index (κ2) is 6.50. The first-order valence-electron chi connectivity index (χ1n) is 8.40. The molecule has 1 aliphatic carbocycles. The van der Waals surface area contributed by atoms with Gasteiger partial charge in [-0.25, -0.2) is 8.78 Å². The van der Waals surface area contributed by atoms with Crippen LogP contribution in [0.4, 0.5) is 14.5 Å². The minimum Gasteiger partial charge on any atom is -0.497 e. The zero-order valence-corrected chi connectivity index (χ0v) is 14.5. The largest absolute Gasteiger partial charge is 0.497 e. The first kappa shape index (κ1) is 17.2. The number of nitrogens with zero attached hydrogens (tertiary/aromatic N) is 1. The third-order valence-electron chi connectivity index (χ3n) is 4.72. The number of benzene rings is 2. The molecule has 0 bridgehead atoms. The summed E-state index contributed by atoms with van der Waals surface area (Å²) in [4.78, 5) is 12.7. The van der Waals surface area contributed by atoms with Crippen molar-refractivity contribution in [3.8, 4) is 17.1 Å². The highest BCUT2D eigenvalue weighted by molar-refractivity contribution is 6.01. The number of hydrogen-bond acceptors (Lipinski definition) is 4. The van der Waals surface area contributed by atoms with E-state index in [1.807, 2.05) is 18.2 Å². The number of carbonyl (C=O) groups is 1. The van der Waals surface area contributed by atoms with Crippen LogP contribution in [-0.4, -0.2) is 18.2 Å². The van der Waals surface area contributed by atoms with Crippen molar-refractivity contribution >= 4 is 11.6 Å². The van der Waals surface area contributed by atoms with E-state index in [2.05, 4.69) is 10.5 Å². The number of anilines is 1. The molecule has 1 amide bonds. The number of carbonyl (C=O) groups excluding carboxylic acids is 1. The zero-order valence-electron chi connectivity index (χ0n) is 14.5. The maximum Gasteiger partial charge on any atom is 0.236 e. The molecule has 0 saturated heterocycles. The second-order valence-electron chi connectivity index (χ2n) is 6.47. The van der Waals surface area contributed by atoms with Gasteiger partial charge in [0.2, 0.25) is 5.91 Å². The van der Waals surface area contributed by atoms with E-state index in [1.165, 1.54) is 6.07 Å². The van der Waals surface area contributed by atoms with Crippen LogP contribution in [0.5, 0.6) is 5.75 Å². The average molecular weight is 370 g/mol. The predicted octanol–water partition coefficient (Wildman–Crippen LogP) is 4.30. The topological polar surface area (TPSA) is 64.4 Å². The summed E-state index contributed by atoms with van der Waals surface area (Å²) < 4.78 is 37.5. The van der Waals surface area contributed by atoms with E-state index in [9.17, 15) is 13.6 Å². The standard InChI is InChI=1S/C20H16F2N2O3/c1-26-14-4-2-3-12(9-14)17-11-18(24-27-17)20(7-8-20)19(25)23-16-6-5-13(21)10-15(16)22/h2-6,9-11H,7-8H2,1H3,(H,23,25). The summed E-state index contributed by atoms with van der Waals surface area (Å²) in [6.07, 6.45) is 1.15. The molecule has 3 aromatic rings. The fraction of sp³-hybridized carbons (Fsp3) is 0.200. The normalized spacial score (nSPS) is 14.6. The van der Waals surface area contributed by atoms with Gasteiger partial charge < -0.3 is 14.6 Å². The molecular weight excluding hydrogens is 354 g/mol. The Hall–Kier alpha value is -3.22. The van der Waals surface area contributed by atoms with Gasteiger partial charge in [-0.2, -0.15) is 0 Å². The van der Waals surface area contributed by atoms with Crippen molar-refractivity contribution in [2.45, 2.75) is 18.3 Å². The Morgan fingerprint density at radius 1 is 1.19 bits per heavy atom. The fourth-order valence-electron chi connectivity index (χ4n) is 2.97. The summed E-state index contributed by atoms with van der Waals surface area (Å²) in [5.74, 6) is -0.729. The monoisotopic (exact) mass is 370 g/mol. The van der Waals surface area contributed by atoms with Gasteiger partial charge in [-0.3, -0.25) is 4.79 Å². The molecule has 4 rings (SSSR count). The number of rotatable bonds is 5. The molecule has 5 nitrogen and oxygen atoms in total. The predicted molar refractivity (Wildman–Crippen MR) is 94.4 cm³/mol. The van der Waals surface area contributed by atoms with E-state index in [-0.39, 0.29) is 5.69 Å². The van der Waals surface area contributed by atoms with E-state index in [1.54, 1.807) is 19.2 Å². The Balaban J connectivity index is 1.57. The summed E-state index contributed by atoms with van der Waals surface area (Å²) >= 11 is 0. The lowest BCUT2D eigenvalue weighted by atomic mass is 10.00. The third-order valence-corrected chi connectivity index (χ3v) is 4.72. The van der Waals surface area contributed by atoms with Crippen LogP contribution in [0.1, 0.15) is 18.5 Å². The van der Waals surface area contributed by atoms with Crippen LogP contribution >= 0.6 is 0 Å². The van der Waals surface area contributed by atoms with Crippen LogP contribution in [0.15, 0.2) is 53.1 Å². The van der Waals surface area contributed by atoms with Gasteiger partial charge in [0.1, 0.15) is 17.4 Å². The molecule has 1 aliphatic rings. The number of halogens is 2. The van der Waals surface area contributed by atoms with Crippen molar-refractivity contribution in [1.82, 2.24) is 5.16 Å². The van der Waals surface area contributed by atoms with Crippen LogP contribution < -0.4 is 10.1 Å². The molecule has 1 saturated carbocycles. The molecule has 0 spiro atoms. The highest BCUT2D eigenvalue weighted by atomic mass is 19.1. The van der Waals surface area contributed by atoms with Crippen molar-refractivity contribution in [2.24, 2.45) is 0 Å². The van der Waals surface area contributed by atoms with Gasteiger partial charge in [0.05, 0.1) is 23.9 Å². The number of nitrogens with one attached hydrogen (secondary N) is 1. The molecule has 7 heteroatoms. The minimum atomic E-state index is -0.860. The van der Waals surface area contributed by atoms with Gasteiger partial charge >= 0.3 is 0 Å². The number of hydrogen-bond donors (Lipinski definition) is 1. The SMILES string of the molecule is COc1cccc(-c2cc(C3(C(=O)Nc4ccc(F)cc4F)CC3)no2)c1. The van der Waals surface area contributed by atoms with Crippen molar-refractivity contribution in [1.29, 1.82) is 0 Å². The Morgan fingerprint density at radius 3 is 2.70 bits per heavy atom. The Bertz CT molecular complexity index is 1010. The quantitative estimate of drug-likeness (QED) is 0.727. The Kier molecular flexibility index (Phi) is 4.14. The van der Waals surface area contributed by atoms with Gasteiger partial charge in [-0.1, -0.05) is 17.3 Å². The van der Waals surface area contributed by atoms with Gasteiger partial charge in [-0.05, 0) is 37.1 Å². The fourth-order valence-corrected chi connectivity index (χ4v) is 2.97. The summed E-state index contributed by atoms with van der Waals surface area (Å²) in [5, 5.41) is 6.57. The second-order valence-corrected chi connectivity index (χ2v) is 6.47. The summed E-state index contributed by atoms with van der Waals surface area (Å²) in [5.41, 5.74) is 0.333. The Morgan fingerprint density at radius 2 is 2.00 bits per heavy atom. The molecule has 1 N–H and O–H groups in total. The van der Waals surface area contributed by atoms with Gasteiger partial charge in [0.25, 0.3) is 0 Å². The minimum absolute atomic E-state index is 0.0656. The molecule has 0 aliphatic heterocycles. The van der Waals surface area contributed by atoms with E-state index in [4.69, 9.17) is 9.26 Å². The average Bonchev–Trinajstić information content (AvgIpc) is 3.34. The summed E-state index contributed by atoms with van der Waals surface area (Å²) in [6, 6.07) is 12.0. The lowest BCUT2D eigenvalue weighted by Crippen LogP contribution is -2.28. The van der Waals surface area contributed by atoms with Crippen molar-refractivity contribution in [3.63, 3.8) is 0 Å². The van der Waals surface area contributed by atoms with E-state index in [0.717, 1.165) is 17.7 Å². The van der Waals surface area contributed by atoms with Crippen LogP contribution in [0.25, 0.3) is 11.3 Å². The highest BCUT2D eigenvalue weighted by Gasteiger charge is 2.54. The van der Waals surface area contributed by atoms with Crippen LogP contribution in [-0.2, 0) is 10.2 Å². The maximum absolute atomic E-state index is 13.8. The Labute approximate surface area is 153 Å². The highest BCUT2D eigenvalue weighted by Crippen LogP contribution is 2.49. The number of aromatic nitrogens is 1. The molecule has 0 radical (unpaired) electrons. The molecule has 2 aromatic carbocycles. The van der Waals surface area contributed by atoms with Crippen molar-refractivity contribution < 1.29 is 22.8 Å². The lowest BCUT2D eigenvalue weighted by Gasteiger charge is -2.13. The smallest absolute Gasteiger partial charge is 0.236 e. The third kappa shape index (κ3) is 3.16. The molecule has 138 valence electrons. The molecule has 0 unspecified atom stereocenters. The van der Waals surface area contributed by atoms with Crippen molar-refractivity contribution in [2.75, 3.05) is 12.4 Å². The summed E-state index contributed by atoms with van der Waals surface area (Å²) in [7, 11) is 1.57.